The number of carbonyl (C=O) groups excluding carboxylic acids is 1. The van der Waals surface area contributed by atoms with Gasteiger partial charge in [-0.1, -0.05) is 6.07 Å². The molecule has 2 rings (SSSR count). The van der Waals surface area contributed by atoms with Gasteiger partial charge in [0.05, 0.1) is 11.7 Å². The molecule has 1 amide bonds. The third-order valence-corrected chi connectivity index (χ3v) is 2.21. The zero-order valence-electron chi connectivity index (χ0n) is 8.87. The number of hydrogen-bond acceptors (Lipinski definition) is 3. The monoisotopic (exact) mass is 216 g/mol. The molecule has 16 heavy (non-hydrogen) atoms. The number of pyridine rings is 1. The van der Waals surface area contributed by atoms with Crippen LogP contribution in [0.2, 0.25) is 0 Å². The number of amides is 1. The van der Waals surface area contributed by atoms with E-state index in [4.69, 9.17) is 0 Å². The molecular weight excluding hydrogens is 204 g/mol. The Morgan fingerprint density at radius 1 is 1.44 bits per heavy atom. The molecule has 0 aliphatic rings. The summed E-state index contributed by atoms with van der Waals surface area (Å²) in [6.07, 6.45) is 6.32. The number of nitrogens with zero attached hydrogens (tertiary/aromatic N) is 3. The zero-order valence-corrected chi connectivity index (χ0v) is 8.87. The number of nitrogens with one attached hydrogen (secondary N) is 1. The molecule has 0 fully saturated rings. The van der Waals surface area contributed by atoms with Crippen molar-refractivity contribution in [3.63, 3.8) is 0 Å². The van der Waals surface area contributed by atoms with Crippen molar-refractivity contribution in [1.82, 2.24) is 19.9 Å². The van der Waals surface area contributed by atoms with E-state index in [0.717, 1.165) is 5.69 Å². The number of aromatic nitrogens is 3. The maximum absolute atomic E-state index is 11.7. The maximum Gasteiger partial charge on any atom is 0.327 e. The first-order valence-electron chi connectivity index (χ1n) is 4.97. The van der Waals surface area contributed by atoms with Crippen LogP contribution in [0.15, 0.2) is 43.1 Å². The molecular formula is C11H12N4O. The predicted octanol–water partition coefficient (Wildman–Crippen LogP) is 1.60. The summed E-state index contributed by atoms with van der Waals surface area (Å²) in [5, 5.41) is 2.82. The molecule has 0 bridgehead atoms. The Morgan fingerprint density at radius 2 is 2.31 bits per heavy atom. The van der Waals surface area contributed by atoms with Crippen molar-refractivity contribution in [2.24, 2.45) is 0 Å². The van der Waals surface area contributed by atoms with Gasteiger partial charge in [0.25, 0.3) is 0 Å². The molecule has 2 heterocycles. The van der Waals surface area contributed by atoms with Gasteiger partial charge in [-0.15, -0.1) is 0 Å². The van der Waals surface area contributed by atoms with Crippen LogP contribution in [0.3, 0.4) is 0 Å². The number of imidazole rings is 1. The number of rotatable bonds is 2. The topological polar surface area (TPSA) is 59.8 Å². The molecule has 1 atom stereocenters. The Hall–Kier alpha value is -2.17. The highest BCUT2D eigenvalue weighted by Gasteiger charge is 2.10. The number of carbonyl (C=O) groups is 1. The normalized spacial score (nSPS) is 12.1. The van der Waals surface area contributed by atoms with Crippen LogP contribution in [0.1, 0.15) is 18.7 Å². The van der Waals surface area contributed by atoms with Gasteiger partial charge in [0.15, 0.2) is 0 Å². The highest BCUT2D eigenvalue weighted by molar-refractivity contribution is 5.76. The lowest BCUT2D eigenvalue weighted by Gasteiger charge is -2.12. The Morgan fingerprint density at radius 3 is 2.94 bits per heavy atom. The highest BCUT2D eigenvalue weighted by Crippen LogP contribution is 2.07. The second kappa shape index (κ2) is 4.57. The fourth-order valence-corrected chi connectivity index (χ4v) is 1.35. The lowest BCUT2D eigenvalue weighted by Crippen LogP contribution is -2.30. The van der Waals surface area contributed by atoms with Crippen LogP contribution in [-0.2, 0) is 0 Å². The van der Waals surface area contributed by atoms with E-state index < -0.39 is 0 Å². The summed E-state index contributed by atoms with van der Waals surface area (Å²) < 4.78 is 1.39. The minimum absolute atomic E-state index is 0.129. The van der Waals surface area contributed by atoms with E-state index in [2.05, 4.69) is 15.3 Å². The minimum Gasteiger partial charge on any atom is -0.329 e. The van der Waals surface area contributed by atoms with Crippen LogP contribution in [0.25, 0.3) is 0 Å². The van der Waals surface area contributed by atoms with Crippen molar-refractivity contribution in [3.05, 3.63) is 48.8 Å². The standard InChI is InChI=1S/C11H12N4O/c1-9(10-4-2-3-5-13-10)14-11(16)15-7-6-12-8-15/h2-9H,1H3,(H,14,16)/t9-/m0/s1. The van der Waals surface area contributed by atoms with Gasteiger partial charge in [-0.25, -0.2) is 9.78 Å². The molecule has 0 aliphatic heterocycles. The van der Waals surface area contributed by atoms with Crippen LogP contribution in [-0.4, -0.2) is 20.6 Å². The van der Waals surface area contributed by atoms with Crippen LogP contribution in [0.5, 0.6) is 0 Å². The van der Waals surface area contributed by atoms with E-state index >= 15 is 0 Å². The summed E-state index contributed by atoms with van der Waals surface area (Å²) in [5.74, 6) is 0. The molecule has 82 valence electrons. The zero-order chi connectivity index (χ0) is 11.4. The highest BCUT2D eigenvalue weighted by atomic mass is 16.2. The first-order valence-corrected chi connectivity index (χ1v) is 4.97. The van der Waals surface area contributed by atoms with Crippen molar-refractivity contribution >= 4 is 6.03 Å². The molecule has 0 radical (unpaired) electrons. The second-order valence-corrected chi connectivity index (χ2v) is 3.40. The Labute approximate surface area is 93.2 Å². The van der Waals surface area contributed by atoms with Gasteiger partial charge in [-0.2, -0.15) is 0 Å². The second-order valence-electron chi connectivity index (χ2n) is 3.40. The molecule has 2 aromatic rings. The van der Waals surface area contributed by atoms with Gasteiger partial charge in [0.1, 0.15) is 6.33 Å². The smallest absolute Gasteiger partial charge is 0.327 e. The van der Waals surface area contributed by atoms with Crippen LogP contribution in [0.4, 0.5) is 4.79 Å². The molecule has 0 aromatic carbocycles. The molecule has 1 N–H and O–H groups in total. The van der Waals surface area contributed by atoms with Gasteiger partial charge in [0.2, 0.25) is 0 Å². The molecule has 0 spiro atoms. The lowest BCUT2D eigenvalue weighted by atomic mass is 10.2. The molecule has 2 aromatic heterocycles. The summed E-state index contributed by atoms with van der Waals surface area (Å²) in [6, 6.07) is 5.27. The fraction of sp³-hybridized carbons (Fsp3) is 0.182. The Kier molecular flexibility index (Phi) is 2.95. The Balaban J connectivity index is 2.03. The first-order chi connectivity index (χ1) is 7.77. The summed E-state index contributed by atoms with van der Waals surface area (Å²) in [5.41, 5.74) is 0.830. The molecule has 5 heteroatoms. The average molecular weight is 216 g/mol. The average Bonchev–Trinajstić information content (AvgIpc) is 2.83. The van der Waals surface area contributed by atoms with Crippen molar-refractivity contribution in [1.29, 1.82) is 0 Å². The quantitative estimate of drug-likeness (QED) is 0.829. The van der Waals surface area contributed by atoms with Crippen LogP contribution < -0.4 is 5.32 Å². The van der Waals surface area contributed by atoms with Gasteiger partial charge in [-0.05, 0) is 19.1 Å². The molecule has 0 saturated heterocycles. The largest absolute Gasteiger partial charge is 0.329 e. The van der Waals surface area contributed by atoms with Crippen molar-refractivity contribution in [2.75, 3.05) is 0 Å². The predicted molar refractivity (Wildman–Crippen MR) is 58.8 cm³/mol. The van der Waals surface area contributed by atoms with E-state index in [1.54, 1.807) is 18.6 Å². The van der Waals surface area contributed by atoms with Crippen LogP contribution in [0, 0.1) is 0 Å². The van der Waals surface area contributed by atoms with Gasteiger partial charge >= 0.3 is 6.03 Å². The summed E-state index contributed by atoms with van der Waals surface area (Å²) in [7, 11) is 0. The van der Waals surface area contributed by atoms with E-state index in [9.17, 15) is 4.79 Å². The van der Waals surface area contributed by atoms with Crippen molar-refractivity contribution < 1.29 is 4.79 Å². The fourth-order valence-electron chi connectivity index (χ4n) is 1.35. The summed E-state index contributed by atoms with van der Waals surface area (Å²) >= 11 is 0. The first kappa shape index (κ1) is 10.4. The van der Waals surface area contributed by atoms with Crippen molar-refractivity contribution in [3.8, 4) is 0 Å². The summed E-state index contributed by atoms with van der Waals surface area (Å²) in [6.45, 7) is 1.89. The third kappa shape index (κ3) is 2.25. The lowest BCUT2D eigenvalue weighted by molar-refractivity contribution is 0.239. The molecule has 5 nitrogen and oxygen atoms in total. The van der Waals surface area contributed by atoms with Gasteiger partial charge in [-0.3, -0.25) is 9.55 Å². The van der Waals surface area contributed by atoms with E-state index in [-0.39, 0.29) is 12.1 Å². The van der Waals surface area contributed by atoms with Gasteiger partial charge < -0.3 is 5.32 Å². The van der Waals surface area contributed by atoms with Crippen LogP contribution >= 0.6 is 0 Å². The van der Waals surface area contributed by atoms with Crippen molar-refractivity contribution in [2.45, 2.75) is 13.0 Å². The summed E-state index contributed by atoms with van der Waals surface area (Å²) in [4.78, 5) is 19.7. The SMILES string of the molecule is C[C@H](NC(=O)n1ccnc1)c1ccccn1. The molecule has 0 unspecified atom stereocenters. The number of hydrogen-bond donors (Lipinski definition) is 1. The third-order valence-electron chi connectivity index (χ3n) is 2.21. The Bertz CT molecular complexity index is 452. The maximum atomic E-state index is 11.7. The van der Waals surface area contributed by atoms with E-state index in [0.29, 0.717) is 0 Å². The van der Waals surface area contributed by atoms with E-state index in [1.165, 1.54) is 10.9 Å². The van der Waals surface area contributed by atoms with Gasteiger partial charge in [0, 0.05) is 18.6 Å². The molecule has 0 aliphatic carbocycles. The van der Waals surface area contributed by atoms with E-state index in [1.807, 2.05) is 25.1 Å². The molecule has 0 saturated carbocycles. The minimum atomic E-state index is -0.212.